The fraction of sp³-hybridized carbons (Fsp3) is 0.217. The Bertz CT molecular complexity index is 999. The molecule has 0 radical (unpaired) electrons. The number of carbonyl (C=O) groups is 2. The van der Waals surface area contributed by atoms with Crippen LogP contribution in [0, 0.1) is 20.8 Å². The van der Waals surface area contributed by atoms with Crippen LogP contribution < -0.4 is 5.32 Å². The number of ether oxygens (including phenoxy) is 1. The summed E-state index contributed by atoms with van der Waals surface area (Å²) in [6.45, 7) is 7.89. The van der Waals surface area contributed by atoms with Gasteiger partial charge in [0.05, 0.1) is 6.61 Å². The highest BCUT2D eigenvalue weighted by Crippen LogP contribution is 2.36. The molecule has 0 saturated heterocycles. The lowest BCUT2D eigenvalue weighted by Gasteiger charge is -2.12. The van der Waals surface area contributed by atoms with Crippen molar-refractivity contribution in [1.29, 1.82) is 0 Å². The first-order valence-corrected chi connectivity index (χ1v) is 10.0. The van der Waals surface area contributed by atoms with E-state index < -0.39 is 5.97 Å². The molecule has 0 saturated carbocycles. The van der Waals surface area contributed by atoms with Gasteiger partial charge in [0.2, 0.25) is 0 Å². The Morgan fingerprint density at radius 2 is 1.64 bits per heavy atom. The Hall–Kier alpha value is -2.92. The van der Waals surface area contributed by atoms with Gasteiger partial charge in [0, 0.05) is 16.5 Å². The summed E-state index contributed by atoms with van der Waals surface area (Å²) >= 11 is 1.33. The van der Waals surface area contributed by atoms with E-state index in [0.717, 1.165) is 27.8 Å². The Balaban J connectivity index is 2.02. The van der Waals surface area contributed by atoms with E-state index in [2.05, 4.69) is 5.32 Å². The summed E-state index contributed by atoms with van der Waals surface area (Å²) < 4.78 is 5.26. The second kappa shape index (κ2) is 8.40. The number of hydrogen-bond acceptors (Lipinski definition) is 4. The first-order valence-electron chi connectivity index (χ1n) is 9.15. The van der Waals surface area contributed by atoms with Gasteiger partial charge in [0.15, 0.2) is 0 Å². The normalized spacial score (nSPS) is 10.6. The van der Waals surface area contributed by atoms with E-state index in [4.69, 9.17) is 4.74 Å². The Kier molecular flexibility index (Phi) is 5.95. The number of nitrogens with one attached hydrogen (secondary N) is 1. The fourth-order valence-electron chi connectivity index (χ4n) is 3.39. The topological polar surface area (TPSA) is 55.4 Å². The van der Waals surface area contributed by atoms with Gasteiger partial charge in [-0.05, 0) is 44.4 Å². The quantitative estimate of drug-likeness (QED) is 0.560. The largest absolute Gasteiger partial charge is 0.462 e. The molecule has 0 spiro atoms. The van der Waals surface area contributed by atoms with Gasteiger partial charge in [-0.2, -0.15) is 0 Å². The zero-order chi connectivity index (χ0) is 20.3. The van der Waals surface area contributed by atoms with Crippen LogP contribution in [-0.2, 0) is 4.74 Å². The summed E-state index contributed by atoms with van der Waals surface area (Å²) in [7, 11) is 0. The molecule has 0 atom stereocenters. The molecule has 1 aromatic heterocycles. The Morgan fingerprint density at radius 3 is 2.25 bits per heavy atom. The van der Waals surface area contributed by atoms with Crippen LogP contribution in [0.5, 0.6) is 0 Å². The molecular weight excluding hydrogens is 370 g/mol. The Morgan fingerprint density at radius 1 is 1.00 bits per heavy atom. The van der Waals surface area contributed by atoms with Crippen LogP contribution >= 0.6 is 11.3 Å². The second-order valence-corrected chi connectivity index (χ2v) is 7.55. The number of carbonyl (C=O) groups excluding carboxylic acids is 2. The SMILES string of the molecule is CCOC(=O)c1c(-c2ccccc2)csc1NC(=O)c1c(C)cc(C)cc1C. The lowest BCUT2D eigenvalue weighted by atomic mass is 9.99. The highest BCUT2D eigenvalue weighted by atomic mass is 32.1. The smallest absolute Gasteiger partial charge is 0.341 e. The number of aryl methyl sites for hydroxylation is 3. The molecule has 0 aliphatic heterocycles. The van der Waals surface area contributed by atoms with Gasteiger partial charge in [-0.3, -0.25) is 4.79 Å². The van der Waals surface area contributed by atoms with Crippen LogP contribution in [0.4, 0.5) is 5.00 Å². The molecule has 1 heterocycles. The third kappa shape index (κ3) is 3.99. The number of rotatable bonds is 5. The zero-order valence-electron chi connectivity index (χ0n) is 16.5. The molecule has 1 amide bonds. The molecule has 0 unspecified atom stereocenters. The summed E-state index contributed by atoms with van der Waals surface area (Å²) in [6, 6.07) is 13.6. The first kappa shape index (κ1) is 19.8. The van der Waals surface area contributed by atoms with Crippen molar-refractivity contribution in [3.8, 4) is 11.1 Å². The predicted molar refractivity (Wildman–Crippen MR) is 114 cm³/mol. The van der Waals surface area contributed by atoms with E-state index in [1.54, 1.807) is 6.92 Å². The van der Waals surface area contributed by atoms with E-state index in [1.165, 1.54) is 11.3 Å². The van der Waals surface area contributed by atoms with E-state index in [-0.39, 0.29) is 12.5 Å². The third-order valence-electron chi connectivity index (χ3n) is 4.49. The van der Waals surface area contributed by atoms with Gasteiger partial charge in [-0.25, -0.2) is 4.79 Å². The maximum absolute atomic E-state index is 13.0. The van der Waals surface area contributed by atoms with E-state index in [9.17, 15) is 9.59 Å². The average molecular weight is 394 g/mol. The minimum Gasteiger partial charge on any atom is -0.462 e. The summed E-state index contributed by atoms with van der Waals surface area (Å²) in [5, 5.41) is 5.32. The summed E-state index contributed by atoms with van der Waals surface area (Å²) in [6.07, 6.45) is 0. The number of hydrogen-bond donors (Lipinski definition) is 1. The molecule has 1 N–H and O–H groups in total. The van der Waals surface area contributed by atoms with Crippen molar-refractivity contribution in [1.82, 2.24) is 0 Å². The molecule has 144 valence electrons. The van der Waals surface area contributed by atoms with Gasteiger partial charge in [0.25, 0.3) is 5.91 Å². The molecule has 0 aliphatic carbocycles. The number of anilines is 1. The van der Waals surface area contributed by atoms with Crippen LogP contribution in [-0.4, -0.2) is 18.5 Å². The van der Waals surface area contributed by atoms with Crippen LogP contribution in [0.15, 0.2) is 47.8 Å². The van der Waals surface area contributed by atoms with E-state index >= 15 is 0 Å². The monoisotopic (exact) mass is 393 g/mol. The molecule has 3 aromatic rings. The van der Waals surface area contributed by atoms with Crippen molar-refractivity contribution in [2.75, 3.05) is 11.9 Å². The van der Waals surface area contributed by atoms with Crippen molar-refractivity contribution in [2.45, 2.75) is 27.7 Å². The lowest BCUT2D eigenvalue weighted by molar-refractivity contribution is 0.0529. The van der Waals surface area contributed by atoms with Crippen molar-refractivity contribution in [3.05, 3.63) is 75.7 Å². The minimum atomic E-state index is -0.435. The molecular formula is C23H23NO3S. The van der Waals surface area contributed by atoms with E-state index in [1.807, 2.05) is 68.6 Å². The molecule has 3 rings (SSSR count). The van der Waals surface area contributed by atoms with Gasteiger partial charge >= 0.3 is 5.97 Å². The van der Waals surface area contributed by atoms with Gasteiger partial charge in [-0.15, -0.1) is 11.3 Å². The van der Waals surface area contributed by atoms with Gasteiger partial charge < -0.3 is 10.1 Å². The van der Waals surface area contributed by atoms with Gasteiger partial charge in [-0.1, -0.05) is 48.0 Å². The molecule has 0 aliphatic rings. The number of esters is 1. The standard InChI is InChI=1S/C23H23NO3S/c1-5-27-23(26)20-18(17-9-7-6-8-10-17)13-28-22(20)24-21(25)19-15(3)11-14(2)12-16(19)4/h6-13H,5H2,1-4H3,(H,24,25). The van der Waals surface area contributed by atoms with Crippen LogP contribution in [0.25, 0.3) is 11.1 Å². The van der Waals surface area contributed by atoms with E-state index in [0.29, 0.717) is 16.1 Å². The number of thiophene rings is 1. The van der Waals surface area contributed by atoms with Gasteiger partial charge in [0.1, 0.15) is 10.6 Å². The molecule has 0 bridgehead atoms. The second-order valence-electron chi connectivity index (χ2n) is 6.67. The predicted octanol–water partition coefficient (Wildman–Crippen LogP) is 5.77. The highest BCUT2D eigenvalue weighted by Gasteiger charge is 2.24. The third-order valence-corrected chi connectivity index (χ3v) is 5.38. The fourth-order valence-corrected chi connectivity index (χ4v) is 4.34. The molecule has 0 fully saturated rings. The van der Waals surface area contributed by atoms with Crippen LogP contribution in [0.3, 0.4) is 0 Å². The maximum atomic E-state index is 13.0. The van der Waals surface area contributed by atoms with Crippen molar-refractivity contribution >= 4 is 28.2 Å². The average Bonchev–Trinajstić information content (AvgIpc) is 3.05. The molecule has 2 aromatic carbocycles. The lowest BCUT2D eigenvalue weighted by Crippen LogP contribution is -2.17. The Labute approximate surface area is 169 Å². The first-order chi connectivity index (χ1) is 13.4. The molecule has 4 nitrogen and oxygen atoms in total. The summed E-state index contributed by atoms with van der Waals surface area (Å²) in [5.41, 5.74) is 5.63. The van der Waals surface area contributed by atoms with Crippen molar-refractivity contribution < 1.29 is 14.3 Å². The molecule has 28 heavy (non-hydrogen) atoms. The summed E-state index contributed by atoms with van der Waals surface area (Å²) in [4.78, 5) is 25.6. The zero-order valence-corrected chi connectivity index (χ0v) is 17.3. The van der Waals surface area contributed by atoms with Crippen LogP contribution in [0.2, 0.25) is 0 Å². The number of amides is 1. The molecule has 5 heteroatoms. The maximum Gasteiger partial charge on any atom is 0.341 e. The van der Waals surface area contributed by atoms with Crippen molar-refractivity contribution in [2.24, 2.45) is 0 Å². The minimum absolute atomic E-state index is 0.220. The summed E-state index contributed by atoms with van der Waals surface area (Å²) in [5.74, 6) is -0.655. The highest BCUT2D eigenvalue weighted by molar-refractivity contribution is 7.15. The van der Waals surface area contributed by atoms with Crippen molar-refractivity contribution in [3.63, 3.8) is 0 Å². The number of benzene rings is 2. The van der Waals surface area contributed by atoms with Crippen LogP contribution in [0.1, 0.15) is 44.3 Å².